The second kappa shape index (κ2) is 12.4. The minimum absolute atomic E-state index is 0.0709. The van der Waals surface area contributed by atoms with Crippen molar-refractivity contribution >= 4 is 35.2 Å². The van der Waals surface area contributed by atoms with Crippen LogP contribution in [-0.2, 0) is 30.5 Å². The molecular weight excluding hydrogens is 462 g/mol. The zero-order valence-corrected chi connectivity index (χ0v) is 21.1. The number of likely N-dealkylation sites (tertiary alicyclic amines) is 1. The number of nitrogens with one attached hydrogen (secondary N) is 3. The molecule has 1 aromatic carbocycles. The number of hydrogen-bond donors (Lipinski definition) is 3. The lowest BCUT2D eigenvalue weighted by Gasteiger charge is -2.24. The maximum absolute atomic E-state index is 12.8. The van der Waals surface area contributed by atoms with E-state index in [4.69, 9.17) is 0 Å². The average Bonchev–Trinajstić information content (AvgIpc) is 3.46. The molecule has 2 heterocycles. The number of benzene rings is 1. The van der Waals surface area contributed by atoms with E-state index in [0.717, 1.165) is 36.7 Å². The number of imide groups is 1. The van der Waals surface area contributed by atoms with Crippen molar-refractivity contribution in [2.45, 2.75) is 58.7 Å². The highest BCUT2D eigenvalue weighted by Crippen LogP contribution is 2.15. The van der Waals surface area contributed by atoms with Gasteiger partial charge in [-0.2, -0.15) is 0 Å². The lowest BCUT2D eigenvalue weighted by molar-refractivity contribution is -0.137. The molecule has 0 spiro atoms. The monoisotopic (exact) mass is 497 g/mol. The first-order valence-electron chi connectivity index (χ1n) is 12.4. The lowest BCUT2D eigenvalue weighted by atomic mass is 10.0. The summed E-state index contributed by atoms with van der Waals surface area (Å²) in [6, 6.07) is 5.97. The predicted molar refractivity (Wildman–Crippen MR) is 134 cm³/mol. The van der Waals surface area contributed by atoms with Crippen LogP contribution < -0.4 is 16.0 Å². The van der Waals surface area contributed by atoms with Gasteiger partial charge in [-0.1, -0.05) is 26.0 Å². The molecule has 2 atom stereocenters. The number of anilines is 1. The van der Waals surface area contributed by atoms with Gasteiger partial charge in [-0.05, 0) is 56.5 Å². The Hall–Kier alpha value is -3.53. The van der Waals surface area contributed by atoms with Gasteiger partial charge in [0.2, 0.25) is 17.7 Å². The van der Waals surface area contributed by atoms with E-state index >= 15 is 0 Å². The smallest absolute Gasteiger partial charge is 0.253 e. The Morgan fingerprint density at radius 1 is 0.889 bits per heavy atom. The second-order valence-electron chi connectivity index (χ2n) is 9.60. The van der Waals surface area contributed by atoms with E-state index < -0.39 is 35.7 Å². The molecule has 1 aromatic rings. The third kappa shape index (κ3) is 7.48. The van der Waals surface area contributed by atoms with Crippen LogP contribution >= 0.6 is 0 Å². The summed E-state index contributed by atoms with van der Waals surface area (Å²) in [6.07, 6.45) is 4.65. The lowest BCUT2D eigenvalue weighted by Crippen LogP contribution is -2.54. The highest BCUT2D eigenvalue weighted by molar-refractivity contribution is 6.13. The number of hydrogen-bond acceptors (Lipinski definition) is 6. The van der Waals surface area contributed by atoms with Crippen molar-refractivity contribution in [3.05, 3.63) is 42.0 Å². The molecule has 0 unspecified atom stereocenters. The van der Waals surface area contributed by atoms with Crippen molar-refractivity contribution in [2.75, 3.05) is 25.0 Å². The first-order chi connectivity index (χ1) is 17.1. The average molecular weight is 498 g/mol. The molecule has 10 nitrogen and oxygen atoms in total. The Balaban J connectivity index is 1.46. The highest BCUT2D eigenvalue weighted by Gasteiger charge is 2.28. The third-order valence-electron chi connectivity index (χ3n) is 6.31. The summed E-state index contributed by atoms with van der Waals surface area (Å²) in [4.78, 5) is 64.5. The van der Waals surface area contributed by atoms with E-state index in [1.165, 1.54) is 18.4 Å². The summed E-state index contributed by atoms with van der Waals surface area (Å²) in [5, 5.41) is 8.11. The molecule has 3 N–H and O–H groups in total. The van der Waals surface area contributed by atoms with E-state index in [1.807, 2.05) is 24.3 Å². The van der Waals surface area contributed by atoms with Crippen LogP contribution in [0.15, 0.2) is 36.4 Å². The van der Waals surface area contributed by atoms with Gasteiger partial charge in [0.15, 0.2) is 0 Å². The van der Waals surface area contributed by atoms with Crippen LogP contribution in [0.1, 0.15) is 45.6 Å². The molecule has 0 radical (unpaired) electrons. The molecule has 36 heavy (non-hydrogen) atoms. The van der Waals surface area contributed by atoms with Crippen molar-refractivity contribution in [3.63, 3.8) is 0 Å². The maximum Gasteiger partial charge on any atom is 0.253 e. The molecular formula is C26H35N5O5. The van der Waals surface area contributed by atoms with Crippen LogP contribution in [0.4, 0.5) is 5.69 Å². The van der Waals surface area contributed by atoms with E-state index in [0.29, 0.717) is 5.69 Å². The number of nitrogens with zero attached hydrogens (tertiary/aromatic N) is 2. The Bertz CT molecular complexity index is 996. The SMILES string of the molecule is CC(C)[C@H](NC(=O)CCN1C(=O)C=CC1=O)C(=O)N[C@@H](C)C(=O)Nc1ccc(CN2CCCC2)cc1. The van der Waals surface area contributed by atoms with E-state index in [-0.39, 0.29) is 24.8 Å². The summed E-state index contributed by atoms with van der Waals surface area (Å²) in [5.41, 5.74) is 1.82. The van der Waals surface area contributed by atoms with Crippen molar-refractivity contribution in [3.8, 4) is 0 Å². The number of amides is 5. The van der Waals surface area contributed by atoms with Gasteiger partial charge in [-0.3, -0.25) is 33.8 Å². The molecule has 3 rings (SSSR count). The predicted octanol–water partition coefficient (Wildman–Crippen LogP) is 1.18. The van der Waals surface area contributed by atoms with Crippen LogP contribution in [0.3, 0.4) is 0 Å². The van der Waals surface area contributed by atoms with Gasteiger partial charge >= 0.3 is 0 Å². The Kier molecular flexibility index (Phi) is 9.35. The minimum atomic E-state index is -0.874. The van der Waals surface area contributed by atoms with Crippen molar-refractivity contribution in [1.82, 2.24) is 20.4 Å². The second-order valence-corrected chi connectivity index (χ2v) is 9.60. The van der Waals surface area contributed by atoms with Gasteiger partial charge in [-0.15, -0.1) is 0 Å². The Morgan fingerprint density at radius 2 is 1.50 bits per heavy atom. The summed E-state index contributed by atoms with van der Waals surface area (Å²) in [5.74, 6) is -2.51. The molecule has 1 fully saturated rings. The van der Waals surface area contributed by atoms with Crippen molar-refractivity contribution < 1.29 is 24.0 Å². The number of rotatable bonds is 11. The minimum Gasteiger partial charge on any atom is -0.344 e. The van der Waals surface area contributed by atoms with E-state index in [2.05, 4.69) is 20.9 Å². The summed E-state index contributed by atoms with van der Waals surface area (Å²) in [7, 11) is 0. The topological polar surface area (TPSA) is 128 Å². The van der Waals surface area contributed by atoms with Gasteiger partial charge in [0.1, 0.15) is 12.1 Å². The summed E-state index contributed by atoms with van der Waals surface area (Å²) >= 11 is 0. The normalized spacial score (nSPS) is 17.4. The van der Waals surface area contributed by atoms with E-state index in [1.54, 1.807) is 20.8 Å². The molecule has 2 aliphatic rings. The first-order valence-corrected chi connectivity index (χ1v) is 12.4. The maximum atomic E-state index is 12.8. The molecule has 10 heteroatoms. The fraction of sp³-hybridized carbons (Fsp3) is 0.500. The van der Waals surface area contributed by atoms with Gasteiger partial charge < -0.3 is 16.0 Å². The fourth-order valence-corrected chi connectivity index (χ4v) is 4.16. The summed E-state index contributed by atoms with van der Waals surface area (Å²) in [6.45, 7) is 8.17. The Labute approximate surface area is 211 Å². The molecule has 0 aliphatic carbocycles. The standard InChI is InChI=1S/C26H35N5O5/c1-17(2)24(29-21(32)12-15-31-22(33)10-11-23(31)34)26(36)27-18(3)25(35)28-20-8-6-19(7-9-20)16-30-13-4-5-14-30/h6-11,17-18,24H,4-5,12-16H2,1-3H3,(H,27,36)(H,28,35)(H,29,32)/t18-,24-/m0/s1. The zero-order valence-electron chi connectivity index (χ0n) is 21.1. The van der Waals surface area contributed by atoms with Gasteiger partial charge in [0, 0.05) is 37.3 Å². The molecule has 0 bridgehead atoms. The quantitative estimate of drug-likeness (QED) is 0.394. The third-order valence-corrected chi connectivity index (χ3v) is 6.31. The highest BCUT2D eigenvalue weighted by atomic mass is 16.2. The largest absolute Gasteiger partial charge is 0.344 e. The fourth-order valence-electron chi connectivity index (χ4n) is 4.16. The van der Waals surface area contributed by atoms with Crippen LogP contribution in [0.2, 0.25) is 0 Å². The number of carbonyl (C=O) groups is 5. The van der Waals surface area contributed by atoms with E-state index in [9.17, 15) is 24.0 Å². The molecule has 194 valence electrons. The van der Waals surface area contributed by atoms with Crippen LogP contribution in [0.5, 0.6) is 0 Å². The van der Waals surface area contributed by atoms with Crippen LogP contribution in [0.25, 0.3) is 0 Å². The van der Waals surface area contributed by atoms with Crippen molar-refractivity contribution in [2.24, 2.45) is 5.92 Å². The summed E-state index contributed by atoms with van der Waals surface area (Å²) < 4.78 is 0. The van der Waals surface area contributed by atoms with Gasteiger partial charge in [-0.25, -0.2) is 0 Å². The first kappa shape index (κ1) is 27.1. The zero-order chi connectivity index (χ0) is 26.2. The van der Waals surface area contributed by atoms with Gasteiger partial charge in [0.05, 0.1) is 0 Å². The molecule has 2 aliphatic heterocycles. The molecule has 1 saturated heterocycles. The van der Waals surface area contributed by atoms with Crippen LogP contribution in [0, 0.1) is 5.92 Å². The molecule has 0 aromatic heterocycles. The number of carbonyl (C=O) groups excluding carboxylic acids is 5. The molecule has 0 saturated carbocycles. The Morgan fingerprint density at radius 3 is 2.08 bits per heavy atom. The van der Waals surface area contributed by atoms with Crippen molar-refractivity contribution in [1.29, 1.82) is 0 Å². The van der Waals surface area contributed by atoms with Crippen LogP contribution in [-0.4, -0.2) is 71.1 Å². The molecule has 5 amide bonds. The van der Waals surface area contributed by atoms with Gasteiger partial charge in [0.25, 0.3) is 11.8 Å².